The van der Waals surface area contributed by atoms with Gasteiger partial charge in [-0.15, -0.1) is 0 Å². The predicted octanol–water partition coefficient (Wildman–Crippen LogP) is 3.60. The Kier molecular flexibility index (Phi) is 4.24. The number of halogens is 1. The molecule has 8 heteroatoms. The topological polar surface area (TPSA) is 104 Å². The second-order valence-electron chi connectivity index (χ2n) is 3.99. The van der Waals surface area contributed by atoms with Gasteiger partial charge in [0, 0.05) is 6.07 Å². The van der Waals surface area contributed by atoms with Gasteiger partial charge in [0.15, 0.2) is 5.69 Å². The van der Waals surface area contributed by atoms with Crippen molar-refractivity contribution in [2.45, 2.75) is 0 Å². The van der Waals surface area contributed by atoms with E-state index in [-0.39, 0.29) is 5.69 Å². The van der Waals surface area contributed by atoms with Crippen LogP contribution in [0.4, 0.5) is 21.9 Å². The largest absolute Gasteiger partial charge is 0.505 e. The standard InChI is InChI=1S/C13H10ClN3O4/c14-8-4-1-2-5-9(8)15-13(19)16-12-10(17(20)21)6-3-7-11(12)18/h1-7,18H,(H2,15,16,19). The number of nitrogens with one attached hydrogen (secondary N) is 2. The number of rotatable bonds is 3. The molecule has 2 aromatic rings. The third-order valence-corrected chi connectivity index (χ3v) is 2.91. The molecule has 21 heavy (non-hydrogen) atoms. The van der Waals surface area contributed by atoms with E-state index in [1.54, 1.807) is 24.3 Å². The van der Waals surface area contributed by atoms with E-state index < -0.39 is 22.4 Å². The average molecular weight is 308 g/mol. The van der Waals surface area contributed by atoms with Gasteiger partial charge in [0.25, 0.3) is 5.69 Å². The lowest BCUT2D eigenvalue weighted by molar-refractivity contribution is -0.384. The first-order valence-corrected chi connectivity index (χ1v) is 6.15. The number of carbonyl (C=O) groups is 1. The highest BCUT2D eigenvalue weighted by molar-refractivity contribution is 6.33. The van der Waals surface area contributed by atoms with Crippen LogP contribution in [-0.2, 0) is 0 Å². The van der Waals surface area contributed by atoms with Crippen LogP contribution in [0.1, 0.15) is 0 Å². The summed E-state index contributed by atoms with van der Waals surface area (Å²) < 4.78 is 0. The fourth-order valence-corrected chi connectivity index (χ4v) is 1.82. The lowest BCUT2D eigenvalue weighted by atomic mass is 10.2. The Morgan fingerprint density at radius 1 is 1.14 bits per heavy atom. The summed E-state index contributed by atoms with van der Waals surface area (Å²) >= 11 is 5.88. The molecule has 0 unspecified atom stereocenters. The Hall–Kier alpha value is -2.80. The van der Waals surface area contributed by atoms with Crippen molar-refractivity contribution in [1.29, 1.82) is 0 Å². The second-order valence-corrected chi connectivity index (χ2v) is 4.39. The fraction of sp³-hybridized carbons (Fsp3) is 0. The van der Waals surface area contributed by atoms with Crippen molar-refractivity contribution >= 4 is 34.7 Å². The number of hydrogen-bond donors (Lipinski definition) is 3. The molecule has 0 saturated carbocycles. The number of aromatic hydroxyl groups is 1. The summed E-state index contributed by atoms with van der Waals surface area (Å²) in [7, 11) is 0. The van der Waals surface area contributed by atoms with Gasteiger partial charge in [-0.1, -0.05) is 29.8 Å². The van der Waals surface area contributed by atoms with Crippen molar-refractivity contribution in [1.82, 2.24) is 0 Å². The van der Waals surface area contributed by atoms with Crippen molar-refractivity contribution in [2.24, 2.45) is 0 Å². The zero-order valence-corrected chi connectivity index (χ0v) is 11.3. The number of amides is 2. The molecule has 0 aliphatic heterocycles. The van der Waals surface area contributed by atoms with Gasteiger partial charge < -0.3 is 10.4 Å². The van der Waals surface area contributed by atoms with Gasteiger partial charge in [0.2, 0.25) is 0 Å². The van der Waals surface area contributed by atoms with Gasteiger partial charge in [0.1, 0.15) is 5.75 Å². The lowest BCUT2D eigenvalue weighted by Crippen LogP contribution is -2.20. The van der Waals surface area contributed by atoms with E-state index in [2.05, 4.69) is 10.6 Å². The van der Waals surface area contributed by atoms with Crippen LogP contribution >= 0.6 is 11.6 Å². The number of urea groups is 1. The van der Waals surface area contributed by atoms with Crippen LogP contribution < -0.4 is 10.6 Å². The molecule has 0 aromatic heterocycles. The van der Waals surface area contributed by atoms with E-state index in [9.17, 15) is 20.0 Å². The number of benzene rings is 2. The minimum atomic E-state index is -0.757. The fourth-order valence-electron chi connectivity index (χ4n) is 1.64. The molecular weight excluding hydrogens is 298 g/mol. The predicted molar refractivity (Wildman–Crippen MR) is 78.9 cm³/mol. The van der Waals surface area contributed by atoms with Gasteiger partial charge in [-0.05, 0) is 18.2 Å². The summed E-state index contributed by atoms with van der Waals surface area (Å²) in [5, 5.41) is 25.5. The van der Waals surface area contributed by atoms with E-state index in [0.717, 1.165) is 0 Å². The highest BCUT2D eigenvalue weighted by Gasteiger charge is 2.19. The molecule has 2 aromatic carbocycles. The summed E-state index contributed by atoms with van der Waals surface area (Å²) in [5.41, 5.74) is -0.355. The number of para-hydroxylation sites is 2. The molecule has 0 bridgehead atoms. The number of nitrogens with zero attached hydrogens (tertiary/aromatic N) is 1. The first-order chi connectivity index (χ1) is 9.99. The number of phenols is 1. The van der Waals surface area contributed by atoms with Crippen LogP contribution in [0.25, 0.3) is 0 Å². The van der Waals surface area contributed by atoms with Gasteiger partial charge in [0.05, 0.1) is 15.6 Å². The average Bonchev–Trinajstić information content (AvgIpc) is 2.43. The Bertz CT molecular complexity index is 706. The first kappa shape index (κ1) is 14.6. The number of hydrogen-bond acceptors (Lipinski definition) is 4. The summed E-state index contributed by atoms with van der Waals surface area (Å²) in [6, 6.07) is 9.48. The Balaban J connectivity index is 2.21. The first-order valence-electron chi connectivity index (χ1n) is 5.78. The van der Waals surface area contributed by atoms with Crippen LogP contribution in [0.3, 0.4) is 0 Å². The molecule has 0 atom stereocenters. The van der Waals surface area contributed by atoms with E-state index in [1.807, 2.05) is 0 Å². The maximum absolute atomic E-state index is 11.8. The van der Waals surface area contributed by atoms with Crippen molar-refractivity contribution in [3.8, 4) is 5.75 Å². The molecule has 0 saturated heterocycles. The number of carbonyl (C=O) groups excluding carboxylic acids is 1. The monoisotopic (exact) mass is 307 g/mol. The lowest BCUT2D eigenvalue weighted by Gasteiger charge is -2.10. The van der Waals surface area contributed by atoms with Crippen molar-refractivity contribution in [2.75, 3.05) is 10.6 Å². The maximum atomic E-state index is 11.8. The van der Waals surface area contributed by atoms with Crippen molar-refractivity contribution in [3.05, 3.63) is 57.6 Å². The number of phenolic OH excluding ortho intramolecular Hbond substituents is 1. The van der Waals surface area contributed by atoms with Crippen LogP contribution in [0.2, 0.25) is 5.02 Å². The van der Waals surface area contributed by atoms with Crippen LogP contribution in [0.15, 0.2) is 42.5 Å². The van der Waals surface area contributed by atoms with Gasteiger partial charge in [-0.25, -0.2) is 4.79 Å². The molecule has 0 heterocycles. The Labute approximate surface area is 124 Å². The zero-order valence-electron chi connectivity index (χ0n) is 10.5. The number of anilines is 2. The second kappa shape index (κ2) is 6.10. The molecular formula is C13H10ClN3O4. The Morgan fingerprint density at radius 3 is 2.52 bits per heavy atom. The molecule has 3 N–H and O–H groups in total. The minimum absolute atomic E-state index is 0.285. The number of nitro benzene ring substituents is 1. The highest BCUT2D eigenvalue weighted by Crippen LogP contribution is 2.33. The van der Waals surface area contributed by atoms with E-state index in [1.165, 1.54) is 18.2 Å². The van der Waals surface area contributed by atoms with Crippen LogP contribution in [-0.4, -0.2) is 16.1 Å². The minimum Gasteiger partial charge on any atom is -0.505 e. The molecule has 0 radical (unpaired) electrons. The summed E-state index contributed by atoms with van der Waals surface area (Å²) in [6.07, 6.45) is 0. The SMILES string of the molecule is O=C(Nc1ccccc1Cl)Nc1c(O)cccc1[N+](=O)[O-]. The molecule has 2 amide bonds. The van der Waals surface area contributed by atoms with Crippen molar-refractivity contribution < 1.29 is 14.8 Å². The molecule has 7 nitrogen and oxygen atoms in total. The van der Waals surface area contributed by atoms with Crippen LogP contribution in [0, 0.1) is 10.1 Å². The molecule has 0 spiro atoms. The van der Waals surface area contributed by atoms with E-state index in [0.29, 0.717) is 10.7 Å². The van der Waals surface area contributed by atoms with Gasteiger partial charge >= 0.3 is 6.03 Å². The molecule has 0 fully saturated rings. The summed E-state index contributed by atoms with van der Waals surface area (Å²) in [5.74, 6) is -0.404. The van der Waals surface area contributed by atoms with Gasteiger partial charge in [-0.2, -0.15) is 0 Å². The quantitative estimate of drug-likeness (QED) is 0.457. The Morgan fingerprint density at radius 2 is 1.86 bits per heavy atom. The van der Waals surface area contributed by atoms with Crippen LogP contribution in [0.5, 0.6) is 5.75 Å². The summed E-state index contributed by atoms with van der Waals surface area (Å²) in [6.45, 7) is 0. The van der Waals surface area contributed by atoms with E-state index in [4.69, 9.17) is 11.6 Å². The van der Waals surface area contributed by atoms with E-state index >= 15 is 0 Å². The maximum Gasteiger partial charge on any atom is 0.324 e. The summed E-state index contributed by atoms with van der Waals surface area (Å²) in [4.78, 5) is 22.0. The molecule has 2 rings (SSSR count). The normalized spacial score (nSPS) is 9.95. The third-order valence-electron chi connectivity index (χ3n) is 2.58. The third kappa shape index (κ3) is 3.40. The van der Waals surface area contributed by atoms with Crippen molar-refractivity contribution in [3.63, 3.8) is 0 Å². The molecule has 0 aliphatic rings. The van der Waals surface area contributed by atoms with Gasteiger partial charge in [-0.3, -0.25) is 15.4 Å². The highest BCUT2D eigenvalue weighted by atomic mass is 35.5. The molecule has 108 valence electrons. The number of nitro groups is 1. The molecule has 0 aliphatic carbocycles. The smallest absolute Gasteiger partial charge is 0.324 e. The zero-order chi connectivity index (χ0) is 15.4.